The summed E-state index contributed by atoms with van der Waals surface area (Å²) in [6.07, 6.45) is 5.21. The smallest absolute Gasteiger partial charge is 0.147 e. The SMILES string of the molecule is CC1(Cl)C=CC=C(Cl)N1Cl. The van der Waals surface area contributed by atoms with Gasteiger partial charge in [-0.1, -0.05) is 29.3 Å². The second kappa shape index (κ2) is 2.65. The Morgan fingerprint density at radius 1 is 1.60 bits per heavy atom. The molecular formula is C6H6Cl3N. The van der Waals surface area contributed by atoms with E-state index in [4.69, 9.17) is 35.0 Å². The normalized spacial score (nSPS) is 32.4. The van der Waals surface area contributed by atoms with E-state index >= 15 is 0 Å². The Kier molecular flexibility index (Phi) is 2.18. The van der Waals surface area contributed by atoms with Crippen LogP contribution < -0.4 is 0 Å². The highest BCUT2D eigenvalue weighted by atomic mass is 35.5. The third kappa shape index (κ3) is 1.42. The molecule has 0 aromatic carbocycles. The first-order valence-corrected chi connectivity index (χ1v) is 3.83. The van der Waals surface area contributed by atoms with Gasteiger partial charge in [0, 0.05) is 11.8 Å². The molecule has 0 N–H and O–H groups in total. The molecule has 0 aromatic heterocycles. The van der Waals surface area contributed by atoms with Crippen LogP contribution in [-0.2, 0) is 0 Å². The summed E-state index contributed by atoms with van der Waals surface area (Å²) in [6.45, 7) is 1.76. The van der Waals surface area contributed by atoms with Gasteiger partial charge in [-0.15, -0.1) is 0 Å². The monoisotopic (exact) mass is 197 g/mol. The molecule has 0 spiro atoms. The van der Waals surface area contributed by atoms with Crippen LogP contribution in [0.5, 0.6) is 0 Å². The summed E-state index contributed by atoms with van der Waals surface area (Å²) in [5.41, 5.74) is 0. The summed E-state index contributed by atoms with van der Waals surface area (Å²) in [4.78, 5) is -0.701. The quantitative estimate of drug-likeness (QED) is 0.328. The van der Waals surface area contributed by atoms with Crippen LogP contribution in [0.15, 0.2) is 23.4 Å². The van der Waals surface area contributed by atoms with E-state index < -0.39 is 5.00 Å². The molecule has 1 unspecified atom stereocenters. The molecule has 10 heavy (non-hydrogen) atoms. The average Bonchev–Trinajstić information content (AvgIpc) is 1.83. The van der Waals surface area contributed by atoms with Crippen molar-refractivity contribution in [3.8, 4) is 0 Å². The first-order chi connectivity index (χ1) is 4.54. The maximum atomic E-state index is 5.90. The molecule has 1 nitrogen and oxygen atoms in total. The van der Waals surface area contributed by atoms with Gasteiger partial charge in [-0.2, -0.15) is 0 Å². The van der Waals surface area contributed by atoms with Gasteiger partial charge in [-0.05, 0) is 19.1 Å². The van der Waals surface area contributed by atoms with Crippen molar-refractivity contribution < 1.29 is 0 Å². The summed E-state index contributed by atoms with van der Waals surface area (Å²) < 4.78 is 1.27. The largest absolute Gasteiger partial charge is 0.250 e. The molecule has 4 heteroatoms. The first-order valence-electron chi connectivity index (χ1n) is 2.74. The number of hydrogen-bond donors (Lipinski definition) is 0. The average molecular weight is 198 g/mol. The summed E-state index contributed by atoms with van der Waals surface area (Å²) in [7, 11) is 0. The van der Waals surface area contributed by atoms with Gasteiger partial charge >= 0.3 is 0 Å². The second-order valence-corrected chi connectivity index (χ2v) is 3.64. The van der Waals surface area contributed by atoms with Crippen LogP contribution in [0.3, 0.4) is 0 Å². The van der Waals surface area contributed by atoms with Gasteiger partial charge in [0.1, 0.15) is 10.2 Å². The van der Waals surface area contributed by atoms with Gasteiger partial charge in [0.2, 0.25) is 0 Å². The molecule has 0 aliphatic carbocycles. The van der Waals surface area contributed by atoms with Crippen molar-refractivity contribution >= 4 is 35.0 Å². The molecule has 1 aliphatic heterocycles. The van der Waals surface area contributed by atoms with E-state index in [9.17, 15) is 0 Å². The number of alkyl halides is 1. The lowest BCUT2D eigenvalue weighted by Gasteiger charge is -2.30. The molecule has 0 fully saturated rings. The summed E-state index contributed by atoms with van der Waals surface area (Å²) in [5.74, 6) is 0. The number of hydrogen-bond acceptors (Lipinski definition) is 1. The highest BCUT2D eigenvalue weighted by Gasteiger charge is 2.28. The molecule has 0 amide bonds. The van der Waals surface area contributed by atoms with Gasteiger partial charge in [-0.3, -0.25) is 4.42 Å². The first kappa shape index (κ1) is 8.25. The number of allylic oxidation sites excluding steroid dienone is 2. The lowest BCUT2D eigenvalue weighted by molar-refractivity contribution is 0.464. The summed E-state index contributed by atoms with van der Waals surface area (Å²) in [5, 5.41) is 0.432. The molecule has 0 saturated heterocycles. The van der Waals surface area contributed by atoms with Crippen molar-refractivity contribution in [2.75, 3.05) is 0 Å². The molecule has 1 rings (SSSR count). The molecule has 0 saturated carbocycles. The number of halogens is 3. The van der Waals surface area contributed by atoms with Crippen molar-refractivity contribution in [2.24, 2.45) is 0 Å². The zero-order valence-electron chi connectivity index (χ0n) is 5.31. The van der Waals surface area contributed by atoms with Gasteiger partial charge < -0.3 is 0 Å². The van der Waals surface area contributed by atoms with Gasteiger partial charge in [0.15, 0.2) is 0 Å². The van der Waals surface area contributed by atoms with Crippen LogP contribution in [0.4, 0.5) is 0 Å². The molecule has 1 atom stereocenters. The van der Waals surface area contributed by atoms with Crippen molar-refractivity contribution in [2.45, 2.75) is 11.9 Å². The molecule has 0 bridgehead atoms. The third-order valence-corrected chi connectivity index (χ3v) is 2.50. The molecule has 56 valence electrons. The highest BCUT2D eigenvalue weighted by Crippen LogP contribution is 2.33. The molecule has 1 heterocycles. The van der Waals surface area contributed by atoms with Gasteiger partial charge in [-0.25, -0.2) is 0 Å². The van der Waals surface area contributed by atoms with Crippen LogP contribution in [0.1, 0.15) is 6.92 Å². The van der Waals surface area contributed by atoms with Gasteiger partial charge in [0.25, 0.3) is 0 Å². The van der Waals surface area contributed by atoms with Crippen molar-refractivity contribution in [3.63, 3.8) is 0 Å². The van der Waals surface area contributed by atoms with Crippen molar-refractivity contribution in [1.29, 1.82) is 0 Å². The van der Waals surface area contributed by atoms with Crippen LogP contribution in [0.25, 0.3) is 0 Å². The molecule has 0 aromatic rings. The minimum atomic E-state index is -0.701. The maximum Gasteiger partial charge on any atom is 0.147 e. The van der Waals surface area contributed by atoms with E-state index in [1.165, 1.54) is 4.42 Å². The van der Waals surface area contributed by atoms with E-state index in [-0.39, 0.29) is 0 Å². The Balaban J connectivity index is 2.89. The maximum absolute atomic E-state index is 5.90. The fourth-order valence-corrected chi connectivity index (χ4v) is 1.21. The van der Waals surface area contributed by atoms with Crippen LogP contribution >= 0.6 is 35.0 Å². The predicted molar refractivity (Wildman–Crippen MR) is 45.0 cm³/mol. The van der Waals surface area contributed by atoms with Crippen LogP contribution in [0.2, 0.25) is 0 Å². The summed E-state index contributed by atoms with van der Waals surface area (Å²) >= 11 is 17.3. The predicted octanol–water partition coefficient (Wildman–Crippen LogP) is 3.05. The van der Waals surface area contributed by atoms with Crippen LogP contribution in [-0.4, -0.2) is 9.42 Å². The van der Waals surface area contributed by atoms with E-state index in [0.29, 0.717) is 5.16 Å². The highest BCUT2D eigenvalue weighted by molar-refractivity contribution is 6.36. The van der Waals surface area contributed by atoms with Crippen molar-refractivity contribution in [3.05, 3.63) is 23.4 Å². The lowest BCUT2D eigenvalue weighted by Crippen LogP contribution is -2.31. The second-order valence-electron chi connectivity index (χ2n) is 2.15. The Morgan fingerprint density at radius 3 is 2.60 bits per heavy atom. The van der Waals surface area contributed by atoms with E-state index in [1.807, 2.05) is 0 Å². The molecule has 1 aliphatic rings. The fourth-order valence-electron chi connectivity index (χ4n) is 0.643. The summed E-state index contributed by atoms with van der Waals surface area (Å²) in [6, 6.07) is 0. The Labute approximate surface area is 75.0 Å². The van der Waals surface area contributed by atoms with Crippen LogP contribution in [0, 0.1) is 0 Å². The zero-order chi connectivity index (χ0) is 7.78. The Hall–Kier alpha value is 0.150. The minimum absolute atomic E-state index is 0.432. The Morgan fingerprint density at radius 2 is 2.20 bits per heavy atom. The Bertz CT molecular complexity index is 195. The van der Waals surface area contributed by atoms with E-state index in [2.05, 4.69) is 0 Å². The topological polar surface area (TPSA) is 3.24 Å². The minimum Gasteiger partial charge on any atom is -0.250 e. The standard InChI is InChI=1S/C6H6Cl3N/c1-6(8)4-2-3-5(7)10(6)9/h2-4H,1H3. The number of rotatable bonds is 0. The van der Waals surface area contributed by atoms with Crippen molar-refractivity contribution in [1.82, 2.24) is 4.42 Å². The van der Waals surface area contributed by atoms with E-state index in [1.54, 1.807) is 25.2 Å². The van der Waals surface area contributed by atoms with Gasteiger partial charge in [0.05, 0.1) is 0 Å². The number of nitrogens with zero attached hydrogens (tertiary/aromatic N) is 1. The molecule has 0 radical (unpaired) electrons. The van der Waals surface area contributed by atoms with E-state index in [0.717, 1.165) is 0 Å². The fraction of sp³-hybridized carbons (Fsp3) is 0.333. The molecular weight excluding hydrogens is 192 g/mol. The lowest BCUT2D eigenvalue weighted by atomic mass is 10.2. The zero-order valence-corrected chi connectivity index (χ0v) is 7.58. The third-order valence-electron chi connectivity index (χ3n) is 1.21.